The first-order valence-electron chi connectivity index (χ1n) is 10.4. The zero-order valence-corrected chi connectivity index (χ0v) is 17.8. The van der Waals surface area contributed by atoms with E-state index in [1.807, 2.05) is 32.9 Å². The number of carbonyl (C=O) groups excluding carboxylic acids is 1. The van der Waals surface area contributed by atoms with Gasteiger partial charge in [-0.15, -0.1) is 0 Å². The van der Waals surface area contributed by atoms with Crippen LogP contribution in [-0.2, 0) is 11.3 Å². The molecule has 30 heavy (non-hydrogen) atoms. The predicted molar refractivity (Wildman–Crippen MR) is 113 cm³/mol. The minimum absolute atomic E-state index is 0.154. The van der Waals surface area contributed by atoms with Gasteiger partial charge in [-0.25, -0.2) is 9.78 Å². The Labute approximate surface area is 177 Å². The Hall–Kier alpha value is -2.80. The molecule has 2 aliphatic rings. The van der Waals surface area contributed by atoms with Crippen molar-refractivity contribution >= 4 is 6.09 Å². The molecule has 4 rings (SSSR count). The third kappa shape index (κ3) is 5.02. The van der Waals surface area contributed by atoms with Crippen LogP contribution >= 0.6 is 0 Å². The third-order valence-corrected chi connectivity index (χ3v) is 5.16. The topological polar surface area (TPSA) is 64.1 Å². The standard InChI is InChI=1S/C23H29N3O4/c1-23(2,3)30-22(27)26-13-11-25(12-14-26)15-17-6-8-18(9-7-17)20-16-28-19-5-4-10-24-21(19)29-20/h4-10,20H,11-16H2,1-3H3. The lowest BCUT2D eigenvalue weighted by Crippen LogP contribution is -2.49. The fourth-order valence-electron chi connectivity index (χ4n) is 3.58. The largest absolute Gasteiger partial charge is 0.484 e. The maximum atomic E-state index is 12.2. The summed E-state index contributed by atoms with van der Waals surface area (Å²) in [7, 11) is 0. The summed E-state index contributed by atoms with van der Waals surface area (Å²) in [5.74, 6) is 1.23. The van der Waals surface area contributed by atoms with E-state index < -0.39 is 5.60 Å². The molecule has 1 amide bonds. The van der Waals surface area contributed by atoms with Crippen LogP contribution in [0.15, 0.2) is 42.6 Å². The van der Waals surface area contributed by atoms with E-state index in [0.29, 0.717) is 31.3 Å². The molecule has 1 aromatic carbocycles. The van der Waals surface area contributed by atoms with Crippen molar-refractivity contribution in [2.75, 3.05) is 32.8 Å². The first-order chi connectivity index (χ1) is 14.4. The number of amides is 1. The molecule has 1 unspecified atom stereocenters. The molecule has 0 aliphatic carbocycles. The van der Waals surface area contributed by atoms with Crippen molar-refractivity contribution < 1.29 is 19.0 Å². The Bertz CT molecular complexity index is 871. The van der Waals surface area contributed by atoms with Gasteiger partial charge in [-0.3, -0.25) is 4.90 Å². The van der Waals surface area contributed by atoms with Gasteiger partial charge in [0.15, 0.2) is 11.9 Å². The molecule has 1 atom stereocenters. The Morgan fingerprint density at radius 3 is 2.57 bits per heavy atom. The molecule has 2 aliphatic heterocycles. The fraction of sp³-hybridized carbons (Fsp3) is 0.478. The summed E-state index contributed by atoms with van der Waals surface area (Å²) in [5.41, 5.74) is 1.85. The highest BCUT2D eigenvalue weighted by Crippen LogP contribution is 2.34. The Kier molecular flexibility index (Phi) is 5.81. The predicted octanol–water partition coefficient (Wildman–Crippen LogP) is 3.65. The summed E-state index contributed by atoms with van der Waals surface area (Å²) in [6.45, 7) is 10.1. The van der Waals surface area contributed by atoms with Gasteiger partial charge in [0.25, 0.3) is 5.88 Å². The van der Waals surface area contributed by atoms with Crippen LogP contribution in [0.4, 0.5) is 4.79 Å². The quantitative estimate of drug-likeness (QED) is 0.768. The van der Waals surface area contributed by atoms with Gasteiger partial charge < -0.3 is 19.1 Å². The molecular weight excluding hydrogens is 382 g/mol. The highest BCUT2D eigenvalue weighted by molar-refractivity contribution is 5.68. The van der Waals surface area contributed by atoms with Crippen molar-refractivity contribution in [2.24, 2.45) is 0 Å². The number of benzene rings is 1. The van der Waals surface area contributed by atoms with Crippen LogP contribution in [0.5, 0.6) is 11.6 Å². The van der Waals surface area contributed by atoms with Gasteiger partial charge in [0.05, 0.1) is 0 Å². The van der Waals surface area contributed by atoms with Crippen LogP contribution in [0.2, 0.25) is 0 Å². The van der Waals surface area contributed by atoms with Crippen molar-refractivity contribution in [3.05, 3.63) is 53.7 Å². The molecule has 0 saturated carbocycles. The van der Waals surface area contributed by atoms with Crippen LogP contribution in [0.1, 0.15) is 38.0 Å². The number of ether oxygens (including phenoxy) is 3. The number of nitrogens with zero attached hydrogens (tertiary/aromatic N) is 3. The normalized spacial score (nSPS) is 19.4. The maximum Gasteiger partial charge on any atom is 0.410 e. The van der Waals surface area contributed by atoms with Gasteiger partial charge in [-0.1, -0.05) is 24.3 Å². The second-order valence-electron chi connectivity index (χ2n) is 8.71. The molecule has 0 spiro atoms. The molecule has 1 fully saturated rings. The number of carbonyl (C=O) groups is 1. The van der Waals surface area contributed by atoms with Crippen LogP contribution < -0.4 is 9.47 Å². The molecule has 3 heterocycles. The van der Waals surface area contributed by atoms with Crippen LogP contribution in [0.25, 0.3) is 0 Å². The SMILES string of the molecule is CC(C)(C)OC(=O)N1CCN(Cc2ccc(C3COc4cccnc4O3)cc2)CC1. The maximum absolute atomic E-state index is 12.2. The first kappa shape index (κ1) is 20.5. The summed E-state index contributed by atoms with van der Waals surface area (Å²) in [4.78, 5) is 20.6. The minimum atomic E-state index is -0.457. The van der Waals surface area contributed by atoms with Gasteiger partial charge in [0, 0.05) is 38.9 Å². The van der Waals surface area contributed by atoms with Crippen LogP contribution in [0.3, 0.4) is 0 Å². The first-order valence-corrected chi connectivity index (χ1v) is 10.4. The Morgan fingerprint density at radius 2 is 1.87 bits per heavy atom. The molecule has 7 nitrogen and oxygen atoms in total. The van der Waals surface area contributed by atoms with Crippen molar-refractivity contribution in [2.45, 2.75) is 39.0 Å². The highest BCUT2D eigenvalue weighted by atomic mass is 16.6. The molecule has 1 saturated heterocycles. The molecule has 0 N–H and O–H groups in total. The number of aromatic nitrogens is 1. The number of piperazine rings is 1. The number of fused-ring (bicyclic) bond motifs is 1. The van der Waals surface area contributed by atoms with E-state index in [4.69, 9.17) is 14.2 Å². The number of hydrogen-bond acceptors (Lipinski definition) is 6. The summed E-state index contributed by atoms with van der Waals surface area (Å²) >= 11 is 0. The van der Waals surface area contributed by atoms with Gasteiger partial charge in [-0.2, -0.15) is 0 Å². The van der Waals surface area contributed by atoms with Gasteiger partial charge in [0.1, 0.15) is 12.2 Å². The van der Waals surface area contributed by atoms with Gasteiger partial charge in [-0.05, 0) is 44.0 Å². The summed E-state index contributed by atoms with van der Waals surface area (Å²) < 4.78 is 17.2. The van der Waals surface area contributed by atoms with E-state index in [1.54, 1.807) is 11.1 Å². The molecule has 1 aromatic heterocycles. The van der Waals surface area contributed by atoms with E-state index in [1.165, 1.54) is 5.56 Å². The average molecular weight is 412 g/mol. The van der Waals surface area contributed by atoms with Crippen molar-refractivity contribution in [3.63, 3.8) is 0 Å². The van der Waals surface area contributed by atoms with Crippen LogP contribution in [0, 0.1) is 0 Å². The second-order valence-corrected chi connectivity index (χ2v) is 8.71. The monoisotopic (exact) mass is 411 g/mol. The van der Waals surface area contributed by atoms with Crippen molar-refractivity contribution in [3.8, 4) is 11.6 Å². The smallest absolute Gasteiger partial charge is 0.410 e. The molecule has 7 heteroatoms. The molecule has 0 radical (unpaired) electrons. The average Bonchev–Trinajstić information content (AvgIpc) is 2.73. The van der Waals surface area contributed by atoms with Crippen LogP contribution in [-0.4, -0.2) is 59.3 Å². The molecule has 2 aromatic rings. The van der Waals surface area contributed by atoms with E-state index in [0.717, 1.165) is 25.2 Å². The Morgan fingerprint density at radius 1 is 1.13 bits per heavy atom. The number of hydrogen-bond donors (Lipinski definition) is 0. The lowest BCUT2D eigenvalue weighted by atomic mass is 10.1. The van der Waals surface area contributed by atoms with E-state index in [9.17, 15) is 4.79 Å². The zero-order chi connectivity index (χ0) is 21.1. The molecule has 0 bridgehead atoms. The zero-order valence-electron chi connectivity index (χ0n) is 17.8. The summed E-state index contributed by atoms with van der Waals surface area (Å²) in [6, 6.07) is 12.1. The summed E-state index contributed by atoms with van der Waals surface area (Å²) in [5, 5.41) is 0. The second kappa shape index (κ2) is 8.52. The Balaban J connectivity index is 1.28. The van der Waals surface area contributed by atoms with Crippen molar-refractivity contribution in [1.29, 1.82) is 0 Å². The van der Waals surface area contributed by atoms with E-state index >= 15 is 0 Å². The van der Waals surface area contributed by atoms with Gasteiger partial charge in [0.2, 0.25) is 0 Å². The van der Waals surface area contributed by atoms with Crippen molar-refractivity contribution in [1.82, 2.24) is 14.8 Å². The lowest BCUT2D eigenvalue weighted by molar-refractivity contribution is 0.0139. The number of rotatable bonds is 3. The molecular formula is C23H29N3O4. The third-order valence-electron chi connectivity index (χ3n) is 5.16. The summed E-state index contributed by atoms with van der Waals surface area (Å²) in [6.07, 6.45) is 1.33. The minimum Gasteiger partial charge on any atom is -0.484 e. The lowest BCUT2D eigenvalue weighted by Gasteiger charge is -2.35. The van der Waals surface area contributed by atoms with E-state index in [-0.39, 0.29) is 12.2 Å². The number of pyridine rings is 1. The fourth-order valence-corrected chi connectivity index (χ4v) is 3.58. The molecule has 160 valence electrons. The van der Waals surface area contributed by atoms with Gasteiger partial charge >= 0.3 is 6.09 Å². The van der Waals surface area contributed by atoms with E-state index in [2.05, 4.69) is 34.1 Å². The highest BCUT2D eigenvalue weighted by Gasteiger charge is 2.26.